The van der Waals surface area contributed by atoms with Crippen LogP contribution < -0.4 is 9.68 Å². The van der Waals surface area contributed by atoms with E-state index in [4.69, 9.17) is 28.6 Å². The fourth-order valence-corrected chi connectivity index (χ4v) is 7.77. The molecule has 0 N–H and O–H groups in total. The molecule has 0 unspecified atom stereocenters. The number of hydrazine groups is 2. The minimum Gasteiger partial charge on any atom is -0.569 e. The maximum Gasteiger partial charge on any atom is 0.410 e. The summed E-state index contributed by atoms with van der Waals surface area (Å²) in [5, 5.41) is 95.8. The number of nitro benzene ring substituents is 4. The maximum atomic E-state index is 13.0. The second-order valence-electron chi connectivity index (χ2n) is 16.9. The number of carbonyl (C=O) groups excluding carboxylic acids is 2. The van der Waals surface area contributed by atoms with Gasteiger partial charge in [-0.25, -0.2) is 9.59 Å². The van der Waals surface area contributed by atoms with Crippen LogP contribution in [0.1, 0.15) is 23.2 Å². The molecule has 3 aliphatic rings. The Morgan fingerprint density at radius 1 is 0.592 bits per heavy atom. The molecule has 36 nitrogen and oxygen atoms in total. The van der Waals surface area contributed by atoms with Crippen molar-refractivity contribution in [2.24, 2.45) is 16.0 Å². The summed E-state index contributed by atoms with van der Waals surface area (Å²) in [5.41, 5.74) is -2.06. The molecule has 0 saturated carbocycles. The van der Waals surface area contributed by atoms with Gasteiger partial charge in [0.2, 0.25) is 22.1 Å². The fraction of sp³-hybridized carbons (Fsp3) is 0.400. The van der Waals surface area contributed by atoms with Crippen LogP contribution in [0.2, 0.25) is 0 Å². The zero-order chi connectivity index (χ0) is 53.9. The summed E-state index contributed by atoms with van der Waals surface area (Å²) < 4.78 is 26.5. The van der Waals surface area contributed by atoms with Gasteiger partial charge in [-0.2, -0.15) is 0 Å². The van der Waals surface area contributed by atoms with Crippen LogP contribution >= 0.6 is 0 Å². The number of hydrogen-bond acceptors (Lipinski definition) is 24. The molecule has 5 aromatic rings. The summed E-state index contributed by atoms with van der Waals surface area (Å²) >= 11 is 0. The van der Waals surface area contributed by atoms with E-state index in [1.807, 2.05) is 30.3 Å². The minimum absolute atomic E-state index is 0.0195. The maximum absolute atomic E-state index is 13.0. The summed E-state index contributed by atoms with van der Waals surface area (Å²) in [7, 11) is 0. The van der Waals surface area contributed by atoms with E-state index in [0.29, 0.717) is 23.5 Å². The average Bonchev–Trinajstić information content (AvgIpc) is 4.09. The molecule has 5 heterocycles. The van der Waals surface area contributed by atoms with E-state index in [0.717, 1.165) is 39.8 Å². The lowest BCUT2D eigenvalue weighted by molar-refractivity contribution is -0.708. The number of carbonyl (C=O) groups is 2. The average molecular weight is 1060 g/mol. The topological polar surface area (TPSA) is 413 Å². The van der Waals surface area contributed by atoms with Crippen LogP contribution in [0.4, 0.5) is 32.3 Å². The van der Waals surface area contributed by atoms with Gasteiger partial charge in [-0.3, -0.25) is 59.5 Å². The van der Waals surface area contributed by atoms with Crippen molar-refractivity contribution in [1.29, 1.82) is 0 Å². The summed E-state index contributed by atoms with van der Waals surface area (Å²) in [6.07, 6.45) is 1.09. The van der Waals surface area contributed by atoms with Gasteiger partial charge in [0, 0.05) is 43.9 Å². The molecule has 0 bridgehead atoms. The third-order valence-electron chi connectivity index (χ3n) is 11.6. The first-order valence-corrected chi connectivity index (χ1v) is 22.5. The Labute approximate surface area is 424 Å². The molecule has 36 heteroatoms. The Hall–Kier alpha value is -10.0. The number of amides is 2. The molecule has 3 aliphatic heterocycles. The number of nitro groups is 4. The largest absolute Gasteiger partial charge is 0.569 e. The van der Waals surface area contributed by atoms with Gasteiger partial charge in [0.15, 0.2) is 6.29 Å². The number of non-ortho nitro benzene ring substituents is 2. The quantitative estimate of drug-likeness (QED) is 0.0496. The Kier molecular flexibility index (Phi) is 16.0. The van der Waals surface area contributed by atoms with E-state index in [1.54, 1.807) is 12.4 Å². The van der Waals surface area contributed by atoms with E-state index in [1.165, 1.54) is 19.2 Å². The molecule has 0 aliphatic carbocycles. The predicted octanol–water partition coefficient (Wildman–Crippen LogP) is 3.19. The van der Waals surface area contributed by atoms with E-state index in [9.17, 15) is 60.5 Å². The molecule has 0 atom stereocenters. The van der Waals surface area contributed by atoms with Crippen molar-refractivity contribution in [3.63, 3.8) is 0 Å². The lowest BCUT2D eigenvalue weighted by atomic mass is 9.88. The normalized spacial score (nSPS) is 16.2. The van der Waals surface area contributed by atoms with E-state index >= 15 is 0 Å². The highest BCUT2D eigenvalue weighted by atomic mass is 16.7. The molecule has 3 aromatic carbocycles. The SMILES string of the molecule is O=C(OCc1cn(CC2(Cn3cc(COC(=O)N4CCN(/[N+]([O-])=N/Oc5ccc([N+](=O)[O-])cc5[N+](=O)[O-])CC4)nn3)COC(c3ccccc3)OC2)nn1)N1CCN(/[N+]([O-])=N/Oc2ccc([N+](=O)[O-])cc2[N+](=O)[O-])CC1. The Balaban J connectivity index is 0.814. The molecular formula is C40H42N18O18. The number of piperazine rings is 2. The molecule has 400 valence electrons. The summed E-state index contributed by atoms with van der Waals surface area (Å²) in [4.78, 5) is 80.0. The van der Waals surface area contributed by atoms with Gasteiger partial charge in [-0.1, -0.05) is 40.8 Å². The first-order chi connectivity index (χ1) is 36.5. The highest BCUT2D eigenvalue weighted by molar-refractivity contribution is 5.68. The van der Waals surface area contributed by atoms with Crippen LogP contribution in [0, 0.1) is 56.3 Å². The van der Waals surface area contributed by atoms with Crippen molar-refractivity contribution in [1.82, 2.24) is 49.8 Å². The van der Waals surface area contributed by atoms with Gasteiger partial charge >= 0.3 is 23.6 Å². The van der Waals surface area contributed by atoms with Crippen molar-refractivity contribution in [2.75, 3.05) is 65.6 Å². The third kappa shape index (κ3) is 13.0. The Morgan fingerprint density at radius 2 is 1.01 bits per heavy atom. The van der Waals surface area contributed by atoms with E-state index in [2.05, 4.69) is 31.2 Å². The molecule has 2 amide bonds. The molecular weight excluding hydrogens is 1020 g/mol. The third-order valence-corrected chi connectivity index (χ3v) is 11.6. The number of rotatable bonds is 19. The number of hydrogen-bond donors (Lipinski definition) is 0. The zero-order valence-corrected chi connectivity index (χ0v) is 39.4. The second kappa shape index (κ2) is 23.3. The number of benzene rings is 3. The lowest BCUT2D eigenvalue weighted by Crippen LogP contribution is -2.50. The van der Waals surface area contributed by atoms with Crippen LogP contribution in [0.5, 0.6) is 11.5 Å². The van der Waals surface area contributed by atoms with Crippen molar-refractivity contribution in [2.45, 2.75) is 32.6 Å². The monoisotopic (exact) mass is 1060 g/mol. The molecule has 3 saturated heterocycles. The molecule has 0 radical (unpaired) electrons. The number of aromatic nitrogens is 6. The van der Waals surface area contributed by atoms with Crippen LogP contribution in [0.3, 0.4) is 0 Å². The van der Waals surface area contributed by atoms with Crippen LogP contribution in [0.25, 0.3) is 0 Å². The predicted molar refractivity (Wildman–Crippen MR) is 243 cm³/mol. The summed E-state index contributed by atoms with van der Waals surface area (Å²) in [5.74, 6) is -0.993. The second-order valence-corrected chi connectivity index (χ2v) is 16.9. The first kappa shape index (κ1) is 52.3. The highest BCUT2D eigenvalue weighted by Gasteiger charge is 2.40. The van der Waals surface area contributed by atoms with Gasteiger partial charge in [-0.15, -0.1) is 20.2 Å². The zero-order valence-electron chi connectivity index (χ0n) is 39.4. The van der Waals surface area contributed by atoms with Gasteiger partial charge in [0.25, 0.3) is 11.4 Å². The van der Waals surface area contributed by atoms with Gasteiger partial charge in [0.05, 0.1) is 112 Å². The van der Waals surface area contributed by atoms with Gasteiger partial charge in [-0.05, 0) is 12.1 Å². The lowest BCUT2D eigenvalue weighted by Gasteiger charge is -2.39. The van der Waals surface area contributed by atoms with Gasteiger partial charge in [0.1, 0.15) is 24.6 Å². The fourth-order valence-electron chi connectivity index (χ4n) is 7.77. The van der Waals surface area contributed by atoms with Crippen LogP contribution in [-0.2, 0) is 45.3 Å². The minimum atomic E-state index is -0.919. The van der Waals surface area contributed by atoms with Gasteiger partial charge < -0.3 is 39.2 Å². The van der Waals surface area contributed by atoms with Crippen molar-refractivity contribution < 1.29 is 67.8 Å². The van der Waals surface area contributed by atoms with Crippen molar-refractivity contribution >= 4 is 34.9 Å². The Morgan fingerprint density at radius 3 is 1.41 bits per heavy atom. The molecule has 76 heavy (non-hydrogen) atoms. The molecule has 0 spiro atoms. The van der Waals surface area contributed by atoms with Crippen LogP contribution in [0.15, 0.2) is 89.7 Å². The summed E-state index contributed by atoms with van der Waals surface area (Å²) in [6, 6.07) is 14.5. The Bertz CT molecular complexity index is 2830. The number of ether oxygens (including phenoxy) is 4. The first-order valence-electron chi connectivity index (χ1n) is 22.5. The molecule has 3 fully saturated rings. The smallest absolute Gasteiger partial charge is 0.410 e. The standard InChI is InChI=1S/C40H42N18O18/c59-38(47-10-14-51(15-11-47)57(69)45-75-35-8-6-31(53(61)62)18-33(35)55(65)66)71-22-29-20-49(43-41-29)24-40(26-73-37(74-27-40)28-4-2-1-3-5-28)25-50-21-30(42-44-50)23-72-39(60)48-12-16-52(17-13-48)58(70)46-76-36-9-7-32(54(63)64)19-34(36)56(67)68/h1-9,18-21,37H,10-17,22-27H2/b57-45-,58-46-. The van der Waals surface area contributed by atoms with E-state index in [-0.39, 0.29) is 102 Å². The van der Waals surface area contributed by atoms with Crippen molar-refractivity contribution in [3.8, 4) is 11.5 Å². The van der Waals surface area contributed by atoms with E-state index < -0.39 is 77.8 Å². The highest BCUT2D eigenvalue weighted by Crippen LogP contribution is 2.36. The summed E-state index contributed by atoms with van der Waals surface area (Å²) in [6.45, 7) is 0.203. The molecule has 2 aromatic heterocycles. The molecule has 8 rings (SSSR count). The van der Waals surface area contributed by atoms with Crippen LogP contribution in [-0.4, -0.2) is 157 Å². The van der Waals surface area contributed by atoms with Crippen molar-refractivity contribution in [3.05, 3.63) is 147 Å². The number of nitrogens with zero attached hydrogens (tertiary/aromatic N) is 18.